The van der Waals surface area contributed by atoms with Crippen LogP contribution in [0.15, 0.2) is 32.6 Å². The maximum absolute atomic E-state index is 13.3. The van der Waals surface area contributed by atoms with Crippen LogP contribution in [-0.2, 0) is 28.5 Å². The van der Waals surface area contributed by atoms with Gasteiger partial charge < -0.3 is 23.7 Å². The minimum absolute atomic E-state index is 0.201. The third kappa shape index (κ3) is 7.14. The zero-order chi connectivity index (χ0) is 28.5. The Labute approximate surface area is 227 Å². The van der Waals surface area contributed by atoms with E-state index in [1.54, 1.807) is 41.4 Å². The number of esters is 1. The van der Waals surface area contributed by atoms with Crippen molar-refractivity contribution in [3.05, 3.63) is 12.7 Å². The molecular weight excluding hydrogens is 488 g/mol. The molecule has 0 N–H and O–H groups in total. The molecule has 0 aliphatic carbocycles. The summed E-state index contributed by atoms with van der Waals surface area (Å²) in [6, 6.07) is -1.18. The number of methoxy groups -OCH3 is 4. The first kappa shape index (κ1) is 31.3. The lowest BCUT2D eigenvalue weighted by Crippen LogP contribution is -2.40. The monoisotopic (exact) mass is 534 g/mol. The Morgan fingerprint density at radius 1 is 0.789 bits per heavy atom. The number of hydrogen-bond donors (Lipinski definition) is 0. The van der Waals surface area contributed by atoms with E-state index in [1.807, 2.05) is 0 Å². The highest BCUT2D eigenvalue weighted by Crippen LogP contribution is 2.36. The Morgan fingerprint density at radius 2 is 1.18 bits per heavy atom. The molecule has 4 atom stereocenters. The molecule has 214 valence electrons. The second-order valence-electron chi connectivity index (χ2n) is 10.3. The van der Waals surface area contributed by atoms with Crippen molar-refractivity contribution in [1.82, 2.24) is 0 Å². The predicted octanol–water partition coefficient (Wildman–Crippen LogP) is 4.28. The van der Waals surface area contributed by atoms with Gasteiger partial charge in [0, 0.05) is 0 Å². The van der Waals surface area contributed by atoms with Crippen LogP contribution in [-0.4, -0.2) is 88.8 Å². The van der Waals surface area contributed by atoms with E-state index in [9.17, 15) is 4.79 Å². The maximum Gasteiger partial charge on any atom is 0.315 e. The molecule has 0 saturated carbocycles. The Kier molecular flexibility index (Phi) is 11.8. The summed E-state index contributed by atoms with van der Waals surface area (Å²) in [6.07, 6.45) is 3.52. The third-order valence-electron chi connectivity index (χ3n) is 7.07. The maximum atomic E-state index is 13.3. The first-order chi connectivity index (χ1) is 18.1. The Bertz CT molecular complexity index is 880. The molecule has 0 saturated heterocycles. The van der Waals surface area contributed by atoms with Gasteiger partial charge in [0.05, 0.1) is 40.5 Å². The molecule has 0 spiro atoms. The van der Waals surface area contributed by atoms with E-state index >= 15 is 0 Å². The van der Waals surface area contributed by atoms with E-state index in [0.29, 0.717) is 49.3 Å². The summed E-state index contributed by atoms with van der Waals surface area (Å²) in [5.41, 5.74) is -0.969. The zero-order valence-electron chi connectivity index (χ0n) is 24.5. The van der Waals surface area contributed by atoms with E-state index in [-0.39, 0.29) is 48.6 Å². The largest absolute Gasteiger partial charge is 0.483 e. The van der Waals surface area contributed by atoms with Crippen LogP contribution in [0, 0.1) is 17.3 Å². The molecule has 2 rings (SSSR count). The topological polar surface area (TPSA) is 113 Å². The van der Waals surface area contributed by atoms with Crippen molar-refractivity contribution < 1.29 is 28.5 Å². The SMILES string of the molecule is C=CC(CC[C@@H]1N=C(OC)[C@@H](C(C)C)N=C1OC)(CC[C@@H]1N=C(OC)[C@@H](C(C)C)N=C1OC)C(=O)OCC. The van der Waals surface area contributed by atoms with Gasteiger partial charge in [-0.1, -0.05) is 33.8 Å². The molecule has 0 radical (unpaired) electrons. The van der Waals surface area contributed by atoms with Gasteiger partial charge in [-0.3, -0.25) is 4.79 Å². The second kappa shape index (κ2) is 14.3. The number of carbonyl (C=O) groups is 1. The molecule has 10 nitrogen and oxygen atoms in total. The number of hydrogen-bond acceptors (Lipinski definition) is 10. The lowest BCUT2D eigenvalue weighted by atomic mass is 9.77. The minimum Gasteiger partial charge on any atom is -0.483 e. The number of rotatable bonds is 11. The van der Waals surface area contributed by atoms with Crippen LogP contribution in [0.25, 0.3) is 0 Å². The van der Waals surface area contributed by atoms with Gasteiger partial charge in [0.1, 0.15) is 24.2 Å². The fourth-order valence-electron chi connectivity index (χ4n) is 4.78. The summed E-state index contributed by atoms with van der Waals surface area (Å²) >= 11 is 0. The van der Waals surface area contributed by atoms with Crippen molar-refractivity contribution in [2.45, 2.75) is 84.5 Å². The summed E-state index contributed by atoms with van der Waals surface area (Å²) in [7, 11) is 6.38. The van der Waals surface area contributed by atoms with Crippen molar-refractivity contribution >= 4 is 29.6 Å². The van der Waals surface area contributed by atoms with Crippen LogP contribution in [0.1, 0.15) is 60.3 Å². The zero-order valence-corrected chi connectivity index (χ0v) is 24.5. The molecular formula is C28H46N4O6. The number of nitrogens with zero attached hydrogens (tertiary/aromatic N) is 4. The average Bonchev–Trinajstić information content (AvgIpc) is 2.92. The molecule has 10 heteroatoms. The fraction of sp³-hybridized carbons (Fsp3) is 0.750. The summed E-state index contributed by atoms with van der Waals surface area (Å²) in [5, 5.41) is 0. The lowest BCUT2D eigenvalue weighted by Gasteiger charge is -2.33. The summed E-state index contributed by atoms with van der Waals surface area (Å²) < 4.78 is 27.8. The molecule has 0 unspecified atom stereocenters. The molecule has 0 aromatic heterocycles. The van der Waals surface area contributed by atoms with E-state index < -0.39 is 5.41 Å². The molecule has 0 aromatic carbocycles. The van der Waals surface area contributed by atoms with Crippen molar-refractivity contribution in [3.8, 4) is 0 Å². The summed E-state index contributed by atoms with van der Waals surface area (Å²) in [5.74, 6) is 2.26. The number of carbonyl (C=O) groups excluding carboxylic acids is 1. The first-order valence-electron chi connectivity index (χ1n) is 13.4. The van der Waals surface area contributed by atoms with Crippen molar-refractivity contribution in [1.29, 1.82) is 0 Å². The van der Waals surface area contributed by atoms with Crippen LogP contribution in [0.5, 0.6) is 0 Å². The number of ether oxygens (including phenoxy) is 5. The van der Waals surface area contributed by atoms with E-state index in [4.69, 9.17) is 43.7 Å². The third-order valence-corrected chi connectivity index (χ3v) is 7.07. The van der Waals surface area contributed by atoms with Gasteiger partial charge in [0.25, 0.3) is 0 Å². The fourth-order valence-corrected chi connectivity index (χ4v) is 4.78. The highest BCUT2D eigenvalue weighted by atomic mass is 16.5. The molecule has 0 fully saturated rings. The van der Waals surface area contributed by atoms with Gasteiger partial charge >= 0.3 is 5.97 Å². The Balaban J connectivity index is 2.31. The Morgan fingerprint density at radius 3 is 1.47 bits per heavy atom. The summed E-state index contributed by atoms with van der Waals surface area (Å²) in [6.45, 7) is 14.3. The van der Waals surface area contributed by atoms with Crippen molar-refractivity contribution in [2.24, 2.45) is 37.2 Å². The van der Waals surface area contributed by atoms with Gasteiger partial charge in [0.2, 0.25) is 23.6 Å². The normalized spacial score (nSPS) is 23.7. The molecule has 2 aliphatic rings. The molecule has 38 heavy (non-hydrogen) atoms. The van der Waals surface area contributed by atoms with Crippen LogP contribution < -0.4 is 0 Å². The Hall–Kier alpha value is -2.91. The average molecular weight is 535 g/mol. The van der Waals surface area contributed by atoms with Gasteiger partial charge in [-0.15, -0.1) is 6.58 Å². The van der Waals surface area contributed by atoms with Gasteiger partial charge in [0.15, 0.2) is 0 Å². The van der Waals surface area contributed by atoms with Crippen LogP contribution >= 0.6 is 0 Å². The van der Waals surface area contributed by atoms with Gasteiger partial charge in [-0.05, 0) is 44.4 Å². The van der Waals surface area contributed by atoms with Gasteiger partial charge in [-0.2, -0.15) is 0 Å². The lowest BCUT2D eigenvalue weighted by molar-refractivity contribution is -0.153. The van der Waals surface area contributed by atoms with Crippen LogP contribution in [0.3, 0.4) is 0 Å². The second-order valence-corrected chi connectivity index (χ2v) is 10.3. The van der Waals surface area contributed by atoms with E-state index in [2.05, 4.69) is 34.3 Å². The molecule has 0 amide bonds. The smallest absolute Gasteiger partial charge is 0.315 e. The predicted molar refractivity (Wildman–Crippen MR) is 150 cm³/mol. The quantitative estimate of drug-likeness (QED) is 0.289. The molecule has 0 bridgehead atoms. The van der Waals surface area contributed by atoms with Crippen molar-refractivity contribution in [3.63, 3.8) is 0 Å². The van der Waals surface area contributed by atoms with Crippen LogP contribution in [0.4, 0.5) is 0 Å². The standard InChI is InChI=1S/C28H46N4O6/c1-11-28(27(33)38-12-2,15-13-19-23(34-7)31-21(17(3)4)25(29-19)36-9)16-14-20-24(35-8)32-22(18(5)6)26(30-20)37-10/h11,17-22H,1,12-16H2,2-10H3/t19-,20-,21+,22+/m0/s1. The van der Waals surface area contributed by atoms with E-state index in [0.717, 1.165) is 0 Å². The van der Waals surface area contributed by atoms with Crippen LogP contribution in [0.2, 0.25) is 0 Å². The molecule has 2 aliphatic heterocycles. The molecule has 2 heterocycles. The van der Waals surface area contributed by atoms with E-state index in [1.165, 1.54) is 0 Å². The number of aliphatic imine (C=N–C) groups is 4. The minimum atomic E-state index is -0.969. The van der Waals surface area contributed by atoms with Crippen molar-refractivity contribution in [2.75, 3.05) is 35.0 Å². The first-order valence-corrected chi connectivity index (χ1v) is 13.4. The molecule has 0 aromatic rings. The highest BCUT2D eigenvalue weighted by Gasteiger charge is 2.41. The van der Waals surface area contributed by atoms with Gasteiger partial charge in [-0.25, -0.2) is 20.0 Å². The highest BCUT2D eigenvalue weighted by molar-refractivity contribution is 5.95. The summed E-state index contributed by atoms with van der Waals surface area (Å²) in [4.78, 5) is 32.4.